The summed E-state index contributed by atoms with van der Waals surface area (Å²) in [6, 6.07) is 7.15. The van der Waals surface area contributed by atoms with Crippen LogP contribution in [0.1, 0.15) is 24.1 Å². The summed E-state index contributed by atoms with van der Waals surface area (Å²) in [5.41, 5.74) is 2.20. The van der Waals surface area contributed by atoms with Crippen molar-refractivity contribution in [1.82, 2.24) is 19.4 Å². The van der Waals surface area contributed by atoms with E-state index in [4.69, 9.17) is 0 Å². The molecule has 0 aliphatic rings. The fourth-order valence-corrected chi connectivity index (χ4v) is 3.14. The van der Waals surface area contributed by atoms with Crippen LogP contribution >= 0.6 is 0 Å². The number of aromatic nitrogens is 2. The normalized spacial score (nSPS) is 13.4. The molecule has 2 rings (SSSR count). The van der Waals surface area contributed by atoms with E-state index in [2.05, 4.69) is 17.3 Å². The van der Waals surface area contributed by atoms with Crippen LogP contribution in [0.2, 0.25) is 0 Å². The van der Waals surface area contributed by atoms with Crippen molar-refractivity contribution in [3.8, 4) is 0 Å². The van der Waals surface area contributed by atoms with Gasteiger partial charge >= 0.3 is 0 Å². The highest BCUT2D eigenvalue weighted by atomic mass is 32.2. The van der Waals surface area contributed by atoms with E-state index in [1.807, 2.05) is 36.1 Å². The molecule has 0 radical (unpaired) electrons. The Hall–Kier alpha value is -1.70. The van der Waals surface area contributed by atoms with Gasteiger partial charge in [-0.1, -0.05) is 12.1 Å². The Morgan fingerprint density at radius 3 is 2.43 bits per heavy atom. The summed E-state index contributed by atoms with van der Waals surface area (Å²) in [5, 5.41) is 7.66. The van der Waals surface area contributed by atoms with Gasteiger partial charge in [0.15, 0.2) is 0 Å². The van der Waals surface area contributed by atoms with Crippen molar-refractivity contribution < 1.29 is 8.42 Å². The predicted octanol–water partition coefficient (Wildman–Crippen LogP) is 1.79. The first-order valence-electron chi connectivity index (χ1n) is 7.55. The Kier molecular flexibility index (Phi) is 5.56. The molecule has 0 saturated heterocycles. The first-order chi connectivity index (χ1) is 10.8. The van der Waals surface area contributed by atoms with Crippen LogP contribution in [0.3, 0.4) is 0 Å². The highest BCUT2D eigenvalue weighted by Gasteiger charge is 2.17. The number of nitrogens with one attached hydrogen (secondary N) is 1. The molecule has 0 aliphatic carbocycles. The molecule has 1 aromatic heterocycles. The van der Waals surface area contributed by atoms with E-state index in [1.54, 1.807) is 12.1 Å². The molecule has 1 atom stereocenters. The monoisotopic (exact) mass is 336 g/mol. The summed E-state index contributed by atoms with van der Waals surface area (Å²) in [6.45, 7) is 5.66. The number of sulfonamides is 1. The van der Waals surface area contributed by atoms with Crippen molar-refractivity contribution in [3.63, 3.8) is 0 Å². The van der Waals surface area contributed by atoms with Crippen LogP contribution in [0.4, 0.5) is 0 Å². The van der Waals surface area contributed by atoms with E-state index < -0.39 is 10.0 Å². The molecule has 0 fully saturated rings. The largest absolute Gasteiger partial charge is 0.308 e. The summed E-state index contributed by atoms with van der Waals surface area (Å²) < 4.78 is 27.2. The molecule has 23 heavy (non-hydrogen) atoms. The SMILES string of the molecule is Cc1cnn(CCN[C@H](C)c2ccc(S(=O)(=O)N(C)C)cc2)c1. The van der Waals surface area contributed by atoms with E-state index in [0.717, 1.165) is 24.2 Å². The van der Waals surface area contributed by atoms with Crippen LogP contribution in [0, 0.1) is 6.92 Å². The summed E-state index contributed by atoms with van der Waals surface area (Å²) >= 11 is 0. The van der Waals surface area contributed by atoms with E-state index in [0.29, 0.717) is 4.90 Å². The molecular weight excluding hydrogens is 312 g/mol. The number of rotatable bonds is 7. The van der Waals surface area contributed by atoms with Crippen LogP contribution in [-0.4, -0.2) is 43.1 Å². The lowest BCUT2D eigenvalue weighted by Gasteiger charge is -2.16. The van der Waals surface area contributed by atoms with Crippen LogP contribution in [-0.2, 0) is 16.6 Å². The molecule has 1 N–H and O–H groups in total. The van der Waals surface area contributed by atoms with Gasteiger partial charge in [0.1, 0.15) is 0 Å². The maximum Gasteiger partial charge on any atom is 0.242 e. The van der Waals surface area contributed by atoms with Gasteiger partial charge in [-0.25, -0.2) is 12.7 Å². The minimum Gasteiger partial charge on any atom is -0.308 e. The quantitative estimate of drug-likeness (QED) is 0.837. The zero-order chi connectivity index (χ0) is 17.0. The molecule has 1 heterocycles. The van der Waals surface area contributed by atoms with Gasteiger partial charge in [-0.15, -0.1) is 0 Å². The summed E-state index contributed by atoms with van der Waals surface area (Å²) in [5.74, 6) is 0. The van der Waals surface area contributed by atoms with Crippen LogP contribution in [0.25, 0.3) is 0 Å². The predicted molar refractivity (Wildman–Crippen MR) is 90.7 cm³/mol. The van der Waals surface area contributed by atoms with Crippen molar-refractivity contribution in [2.24, 2.45) is 0 Å². The minimum absolute atomic E-state index is 0.141. The second kappa shape index (κ2) is 7.25. The first-order valence-corrected chi connectivity index (χ1v) is 8.99. The molecular formula is C16H24N4O2S. The van der Waals surface area contributed by atoms with Gasteiger partial charge in [0.25, 0.3) is 0 Å². The van der Waals surface area contributed by atoms with Crippen LogP contribution < -0.4 is 5.32 Å². The maximum atomic E-state index is 12.0. The Labute approximate surface area is 138 Å². The van der Waals surface area contributed by atoms with Crippen LogP contribution in [0.5, 0.6) is 0 Å². The van der Waals surface area contributed by atoms with E-state index in [1.165, 1.54) is 18.4 Å². The lowest BCUT2D eigenvalue weighted by atomic mass is 10.1. The van der Waals surface area contributed by atoms with Gasteiger partial charge in [0, 0.05) is 32.9 Å². The van der Waals surface area contributed by atoms with Gasteiger partial charge in [0.05, 0.1) is 17.6 Å². The molecule has 0 bridgehead atoms. The number of hydrogen-bond donors (Lipinski definition) is 1. The number of benzene rings is 1. The summed E-state index contributed by atoms with van der Waals surface area (Å²) in [6.07, 6.45) is 3.85. The number of aryl methyl sites for hydroxylation is 1. The summed E-state index contributed by atoms with van der Waals surface area (Å²) in [7, 11) is -0.304. The number of nitrogens with zero attached hydrogens (tertiary/aromatic N) is 3. The molecule has 0 aliphatic heterocycles. The molecule has 0 spiro atoms. The third-order valence-electron chi connectivity index (χ3n) is 3.71. The van der Waals surface area contributed by atoms with Crippen molar-refractivity contribution in [1.29, 1.82) is 0 Å². The molecule has 0 unspecified atom stereocenters. The van der Waals surface area contributed by atoms with Gasteiger partial charge in [-0.2, -0.15) is 5.10 Å². The van der Waals surface area contributed by atoms with Crippen LogP contribution in [0.15, 0.2) is 41.6 Å². The van der Waals surface area contributed by atoms with E-state index >= 15 is 0 Å². The minimum atomic E-state index is -3.37. The smallest absolute Gasteiger partial charge is 0.242 e. The van der Waals surface area contributed by atoms with Gasteiger partial charge in [-0.3, -0.25) is 4.68 Å². The van der Waals surface area contributed by atoms with Gasteiger partial charge in [-0.05, 0) is 37.1 Å². The highest BCUT2D eigenvalue weighted by Crippen LogP contribution is 2.18. The lowest BCUT2D eigenvalue weighted by molar-refractivity contribution is 0.506. The van der Waals surface area contributed by atoms with Crippen molar-refractivity contribution in [2.75, 3.05) is 20.6 Å². The number of hydrogen-bond acceptors (Lipinski definition) is 4. The third-order valence-corrected chi connectivity index (χ3v) is 5.54. The lowest BCUT2D eigenvalue weighted by Crippen LogP contribution is -2.24. The summed E-state index contributed by atoms with van der Waals surface area (Å²) in [4.78, 5) is 0.311. The second-order valence-electron chi connectivity index (χ2n) is 5.81. The van der Waals surface area contributed by atoms with Gasteiger partial charge in [0.2, 0.25) is 10.0 Å². The Bertz CT molecular complexity index is 736. The third kappa shape index (κ3) is 4.40. The van der Waals surface area contributed by atoms with Crippen molar-refractivity contribution in [3.05, 3.63) is 47.8 Å². The molecule has 126 valence electrons. The first kappa shape index (κ1) is 17.7. The fourth-order valence-electron chi connectivity index (χ4n) is 2.24. The zero-order valence-corrected chi connectivity index (χ0v) is 14.8. The second-order valence-corrected chi connectivity index (χ2v) is 7.96. The molecule has 6 nitrogen and oxygen atoms in total. The molecule has 1 aromatic carbocycles. The highest BCUT2D eigenvalue weighted by molar-refractivity contribution is 7.89. The molecule has 0 amide bonds. The Balaban J connectivity index is 1.93. The van der Waals surface area contributed by atoms with Gasteiger partial charge < -0.3 is 5.32 Å². The topological polar surface area (TPSA) is 67.2 Å². The van der Waals surface area contributed by atoms with Crippen molar-refractivity contribution in [2.45, 2.75) is 31.3 Å². The fraction of sp³-hybridized carbons (Fsp3) is 0.438. The zero-order valence-electron chi connectivity index (χ0n) is 14.0. The Morgan fingerprint density at radius 2 is 1.91 bits per heavy atom. The molecule has 2 aromatic rings. The average molecular weight is 336 g/mol. The Morgan fingerprint density at radius 1 is 1.26 bits per heavy atom. The van der Waals surface area contributed by atoms with Crippen molar-refractivity contribution >= 4 is 10.0 Å². The molecule has 7 heteroatoms. The maximum absolute atomic E-state index is 12.0. The standard InChI is InChI=1S/C16H24N4O2S/c1-13-11-18-20(12-13)10-9-17-14(2)15-5-7-16(8-6-15)23(21,22)19(3)4/h5-8,11-12,14,17H,9-10H2,1-4H3/t14-/m1/s1. The van der Waals surface area contributed by atoms with E-state index in [9.17, 15) is 8.42 Å². The molecule has 0 saturated carbocycles. The average Bonchev–Trinajstić information content (AvgIpc) is 2.92. The van der Waals surface area contributed by atoms with E-state index in [-0.39, 0.29) is 6.04 Å².